The molecule has 2 amide bonds. The first-order chi connectivity index (χ1) is 14.5. The topological polar surface area (TPSA) is 81.4 Å². The Labute approximate surface area is 176 Å². The van der Waals surface area contributed by atoms with Crippen LogP contribution in [0.5, 0.6) is 5.75 Å². The average molecular weight is 402 g/mol. The molecular formula is C25H26N2O3. The highest BCUT2D eigenvalue weighted by Crippen LogP contribution is 2.32. The van der Waals surface area contributed by atoms with Crippen LogP contribution in [0.3, 0.4) is 0 Å². The lowest BCUT2D eigenvalue weighted by Gasteiger charge is -2.31. The van der Waals surface area contributed by atoms with Crippen LogP contribution in [-0.2, 0) is 21.4 Å². The van der Waals surface area contributed by atoms with Gasteiger partial charge in [-0.1, -0.05) is 78.9 Å². The molecule has 0 spiro atoms. The number of amides is 2. The van der Waals surface area contributed by atoms with Crippen molar-refractivity contribution in [2.75, 3.05) is 7.11 Å². The molecule has 30 heavy (non-hydrogen) atoms. The number of primary amides is 1. The van der Waals surface area contributed by atoms with E-state index in [4.69, 9.17) is 10.5 Å². The van der Waals surface area contributed by atoms with Gasteiger partial charge in [0.2, 0.25) is 11.8 Å². The number of carbonyl (C=O) groups is 2. The van der Waals surface area contributed by atoms with Crippen molar-refractivity contribution < 1.29 is 14.3 Å². The maximum absolute atomic E-state index is 13.6. The molecule has 0 heterocycles. The van der Waals surface area contributed by atoms with Crippen LogP contribution < -0.4 is 15.8 Å². The van der Waals surface area contributed by atoms with Gasteiger partial charge in [0.05, 0.1) is 12.5 Å². The van der Waals surface area contributed by atoms with Crippen molar-refractivity contribution in [1.29, 1.82) is 0 Å². The first-order valence-electron chi connectivity index (χ1n) is 9.80. The summed E-state index contributed by atoms with van der Waals surface area (Å²) < 4.78 is 5.37. The first-order valence-corrected chi connectivity index (χ1v) is 9.80. The van der Waals surface area contributed by atoms with Gasteiger partial charge in [0, 0.05) is 6.42 Å². The lowest BCUT2D eigenvalue weighted by molar-refractivity contribution is -0.129. The molecule has 3 rings (SSSR count). The lowest BCUT2D eigenvalue weighted by atomic mass is 9.75. The molecule has 0 aliphatic carbocycles. The monoisotopic (exact) mass is 402 g/mol. The highest BCUT2D eigenvalue weighted by atomic mass is 16.5. The predicted octanol–water partition coefficient (Wildman–Crippen LogP) is 3.21. The highest BCUT2D eigenvalue weighted by molar-refractivity contribution is 5.95. The summed E-state index contributed by atoms with van der Waals surface area (Å²) in [5.74, 6) is -0.247. The molecular weight excluding hydrogens is 376 g/mol. The van der Waals surface area contributed by atoms with Crippen molar-refractivity contribution in [3.05, 3.63) is 102 Å². The summed E-state index contributed by atoms with van der Waals surface area (Å²) in [4.78, 5) is 25.8. The van der Waals surface area contributed by atoms with Gasteiger partial charge in [-0.2, -0.15) is 0 Å². The molecule has 0 aliphatic heterocycles. The Morgan fingerprint density at radius 1 is 0.900 bits per heavy atom. The van der Waals surface area contributed by atoms with Gasteiger partial charge in [0.1, 0.15) is 11.8 Å². The van der Waals surface area contributed by atoms with Crippen molar-refractivity contribution in [2.24, 2.45) is 5.73 Å². The summed E-state index contributed by atoms with van der Waals surface area (Å²) in [6.45, 7) is 1.86. The Morgan fingerprint density at radius 2 is 1.40 bits per heavy atom. The molecule has 3 aromatic carbocycles. The number of nitrogens with one attached hydrogen (secondary N) is 1. The second-order valence-corrected chi connectivity index (χ2v) is 7.30. The number of ether oxygens (including phenoxy) is 1. The third-order valence-corrected chi connectivity index (χ3v) is 5.42. The molecule has 3 N–H and O–H groups in total. The van der Waals surface area contributed by atoms with Gasteiger partial charge in [-0.3, -0.25) is 9.59 Å². The van der Waals surface area contributed by atoms with Crippen LogP contribution in [0.25, 0.3) is 0 Å². The second kappa shape index (κ2) is 9.27. The zero-order valence-electron chi connectivity index (χ0n) is 17.2. The minimum atomic E-state index is -0.989. The zero-order chi connectivity index (χ0) is 21.6. The number of hydrogen-bond donors (Lipinski definition) is 2. The Balaban J connectivity index is 1.95. The zero-order valence-corrected chi connectivity index (χ0v) is 17.2. The van der Waals surface area contributed by atoms with Crippen molar-refractivity contribution in [2.45, 2.75) is 24.8 Å². The van der Waals surface area contributed by atoms with Gasteiger partial charge in [-0.05, 0) is 29.7 Å². The van der Waals surface area contributed by atoms with E-state index in [-0.39, 0.29) is 12.3 Å². The minimum absolute atomic E-state index is 0.241. The summed E-state index contributed by atoms with van der Waals surface area (Å²) in [5, 5.41) is 2.88. The fourth-order valence-electron chi connectivity index (χ4n) is 3.59. The van der Waals surface area contributed by atoms with Crippen molar-refractivity contribution >= 4 is 11.8 Å². The minimum Gasteiger partial charge on any atom is -0.496 e. The summed E-state index contributed by atoms with van der Waals surface area (Å²) in [6.07, 6.45) is 0.241. The van der Waals surface area contributed by atoms with Crippen LogP contribution >= 0.6 is 0 Å². The van der Waals surface area contributed by atoms with Gasteiger partial charge in [-0.25, -0.2) is 0 Å². The van der Waals surface area contributed by atoms with E-state index in [1.54, 1.807) is 7.11 Å². The second-order valence-electron chi connectivity index (χ2n) is 7.30. The third-order valence-electron chi connectivity index (χ3n) is 5.42. The number of carbonyl (C=O) groups excluding carboxylic acids is 2. The van der Waals surface area contributed by atoms with E-state index in [1.165, 1.54) is 0 Å². The van der Waals surface area contributed by atoms with Crippen LogP contribution in [0.1, 0.15) is 23.6 Å². The van der Waals surface area contributed by atoms with E-state index in [0.717, 1.165) is 16.7 Å². The molecule has 5 nitrogen and oxygen atoms in total. The van der Waals surface area contributed by atoms with Crippen LogP contribution in [0.2, 0.25) is 0 Å². The van der Waals surface area contributed by atoms with Crippen LogP contribution in [0.4, 0.5) is 0 Å². The smallest absolute Gasteiger partial charge is 0.240 e. The van der Waals surface area contributed by atoms with Gasteiger partial charge in [-0.15, -0.1) is 0 Å². The van der Waals surface area contributed by atoms with Gasteiger partial charge in [0.15, 0.2) is 0 Å². The largest absolute Gasteiger partial charge is 0.496 e. The normalized spacial score (nSPS) is 12.1. The van der Waals surface area contributed by atoms with Gasteiger partial charge in [0.25, 0.3) is 0 Å². The molecule has 3 aromatic rings. The van der Waals surface area contributed by atoms with Crippen molar-refractivity contribution in [1.82, 2.24) is 5.32 Å². The number of hydrogen-bond acceptors (Lipinski definition) is 3. The molecule has 5 heteroatoms. The summed E-state index contributed by atoms with van der Waals surface area (Å²) >= 11 is 0. The maximum atomic E-state index is 13.6. The standard InChI is InChI=1S/C25H26N2O3/c1-25(19-12-5-3-6-13-19,20-14-7-4-8-15-20)24(29)27-21(23(26)28)17-18-11-9-10-16-22(18)30-2/h3-16,21H,17H2,1-2H3,(H2,26,28)(H,27,29)/t21-/m1/s1. The quantitative estimate of drug-likeness (QED) is 0.607. The van der Waals surface area contributed by atoms with Crippen LogP contribution in [-0.4, -0.2) is 25.0 Å². The molecule has 0 saturated heterocycles. The van der Waals surface area contributed by atoms with E-state index >= 15 is 0 Å². The molecule has 0 unspecified atom stereocenters. The Hall–Kier alpha value is -3.60. The molecule has 1 atom stereocenters. The molecule has 0 radical (unpaired) electrons. The molecule has 0 bridgehead atoms. The van der Waals surface area contributed by atoms with Gasteiger partial charge >= 0.3 is 0 Å². The van der Waals surface area contributed by atoms with E-state index < -0.39 is 17.4 Å². The number of para-hydroxylation sites is 1. The SMILES string of the molecule is COc1ccccc1C[C@@H](NC(=O)C(C)(c1ccccc1)c1ccccc1)C(N)=O. The summed E-state index contributed by atoms with van der Waals surface area (Å²) in [6, 6.07) is 25.5. The molecule has 0 saturated carbocycles. The van der Waals surface area contributed by atoms with Crippen LogP contribution in [0.15, 0.2) is 84.9 Å². The third kappa shape index (κ3) is 4.35. The van der Waals surface area contributed by atoms with E-state index in [0.29, 0.717) is 5.75 Å². The Bertz CT molecular complexity index is 964. The molecule has 0 fully saturated rings. The predicted molar refractivity (Wildman–Crippen MR) is 117 cm³/mol. The Morgan fingerprint density at radius 3 is 1.90 bits per heavy atom. The molecule has 154 valence electrons. The summed E-state index contributed by atoms with van der Waals surface area (Å²) in [5.41, 5.74) is 7.11. The first kappa shape index (κ1) is 21.1. The fraction of sp³-hybridized carbons (Fsp3) is 0.200. The Kier molecular flexibility index (Phi) is 6.52. The number of benzene rings is 3. The van der Waals surface area contributed by atoms with E-state index in [1.807, 2.05) is 91.9 Å². The van der Waals surface area contributed by atoms with Crippen LogP contribution in [0, 0.1) is 0 Å². The maximum Gasteiger partial charge on any atom is 0.240 e. The molecule has 0 aliphatic rings. The average Bonchev–Trinajstić information content (AvgIpc) is 2.79. The lowest BCUT2D eigenvalue weighted by Crippen LogP contribution is -2.52. The fourth-order valence-corrected chi connectivity index (χ4v) is 3.59. The number of nitrogens with two attached hydrogens (primary N) is 1. The van der Waals surface area contributed by atoms with Crippen molar-refractivity contribution in [3.63, 3.8) is 0 Å². The number of rotatable bonds is 8. The highest BCUT2D eigenvalue weighted by Gasteiger charge is 2.38. The van der Waals surface area contributed by atoms with E-state index in [9.17, 15) is 9.59 Å². The van der Waals surface area contributed by atoms with Gasteiger partial charge < -0.3 is 15.8 Å². The number of methoxy groups -OCH3 is 1. The molecule has 0 aromatic heterocycles. The van der Waals surface area contributed by atoms with Crippen molar-refractivity contribution in [3.8, 4) is 5.75 Å². The van der Waals surface area contributed by atoms with E-state index in [2.05, 4.69) is 5.32 Å². The summed E-state index contributed by atoms with van der Waals surface area (Å²) in [7, 11) is 1.57.